The maximum atomic E-state index is 12.6. The van der Waals surface area contributed by atoms with Gasteiger partial charge in [0.1, 0.15) is 12.6 Å². The highest BCUT2D eigenvalue weighted by Gasteiger charge is 2.37. The Morgan fingerprint density at radius 2 is 2.19 bits per heavy atom. The Hall–Kier alpha value is -2.03. The van der Waals surface area contributed by atoms with Crippen LogP contribution in [0.2, 0.25) is 0 Å². The third-order valence-electron chi connectivity index (χ3n) is 4.09. The van der Waals surface area contributed by atoms with E-state index in [1.807, 2.05) is 12.1 Å². The predicted octanol–water partition coefficient (Wildman–Crippen LogP) is 3.98. The number of alkyl halides is 3. The Morgan fingerprint density at radius 1 is 1.43 bits per heavy atom. The van der Waals surface area contributed by atoms with E-state index in [1.165, 1.54) is 0 Å². The molecule has 1 aliphatic carbocycles. The van der Waals surface area contributed by atoms with Gasteiger partial charge < -0.3 is 0 Å². The summed E-state index contributed by atoms with van der Waals surface area (Å²) >= 11 is 0. The maximum absolute atomic E-state index is 12.6. The molecular formula is C15H14F3N3. The standard InChI is InChI=1S/C15H14F3N3/c1-2-9-5-12(9)10-3-4-11-13(7-19)20-21(14(11)6-10)8-15(16,17)18/h3-4,6,9,12H,2,5,8H2,1H3/t9-,12-/m0/s1. The van der Waals surface area contributed by atoms with Crippen LogP contribution in [0.15, 0.2) is 18.2 Å². The molecule has 2 atom stereocenters. The Bertz CT molecular complexity index is 724. The lowest BCUT2D eigenvalue weighted by Crippen LogP contribution is -2.18. The Morgan fingerprint density at radius 3 is 2.76 bits per heavy atom. The number of hydrogen-bond donors (Lipinski definition) is 0. The molecule has 0 saturated heterocycles. The minimum Gasteiger partial charge on any atom is -0.254 e. The van der Waals surface area contributed by atoms with Gasteiger partial charge in [-0.05, 0) is 36.0 Å². The average Bonchev–Trinajstić information content (AvgIpc) is 3.14. The summed E-state index contributed by atoms with van der Waals surface area (Å²) in [5.41, 5.74) is 1.48. The van der Waals surface area contributed by atoms with E-state index in [2.05, 4.69) is 12.0 Å². The molecule has 1 heterocycles. The van der Waals surface area contributed by atoms with E-state index < -0.39 is 12.7 Å². The number of benzene rings is 1. The number of nitrogens with zero attached hydrogens (tertiary/aromatic N) is 3. The Kier molecular flexibility index (Phi) is 3.16. The lowest BCUT2D eigenvalue weighted by molar-refractivity contribution is -0.141. The lowest BCUT2D eigenvalue weighted by Gasteiger charge is -2.08. The number of hydrogen-bond acceptors (Lipinski definition) is 2. The second-order valence-corrected chi connectivity index (χ2v) is 5.52. The zero-order valence-corrected chi connectivity index (χ0v) is 11.5. The first-order valence-corrected chi connectivity index (χ1v) is 6.90. The molecule has 3 nitrogen and oxygen atoms in total. The molecule has 0 unspecified atom stereocenters. The van der Waals surface area contributed by atoms with E-state index in [0.29, 0.717) is 22.7 Å². The van der Waals surface area contributed by atoms with Gasteiger partial charge in [-0.25, -0.2) is 0 Å². The van der Waals surface area contributed by atoms with Crippen molar-refractivity contribution in [3.63, 3.8) is 0 Å². The van der Waals surface area contributed by atoms with Gasteiger partial charge in [-0.1, -0.05) is 19.4 Å². The van der Waals surface area contributed by atoms with Crippen molar-refractivity contribution in [2.45, 2.75) is 38.4 Å². The smallest absolute Gasteiger partial charge is 0.254 e. The molecule has 3 rings (SSSR count). The van der Waals surface area contributed by atoms with Crippen molar-refractivity contribution >= 4 is 10.9 Å². The van der Waals surface area contributed by atoms with Crippen LogP contribution in [0.3, 0.4) is 0 Å². The largest absolute Gasteiger partial charge is 0.408 e. The molecule has 1 aromatic heterocycles. The molecule has 1 aromatic carbocycles. The molecule has 0 bridgehead atoms. The van der Waals surface area contributed by atoms with E-state index >= 15 is 0 Å². The van der Waals surface area contributed by atoms with Crippen LogP contribution >= 0.6 is 0 Å². The minimum absolute atomic E-state index is 0.0450. The molecule has 2 aromatic rings. The van der Waals surface area contributed by atoms with Gasteiger partial charge in [-0.3, -0.25) is 4.68 Å². The highest BCUT2D eigenvalue weighted by Crippen LogP contribution is 2.49. The molecule has 1 aliphatic rings. The summed E-state index contributed by atoms with van der Waals surface area (Å²) in [6.07, 6.45) is -2.19. The van der Waals surface area contributed by atoms with Crippen LogP contribution in [0.25, 0.3) is 10.9 Å². The SMILES string of the molecule is CC[C@H]1C[C@@H]1c1ccc2c(C#N)nn(CC(F)(F)F)c2c1. The molecule has 21 heavy (non-hydrogen) atoms. The zero-order chi connectivity index (χ0) is 15.2. The molecule has 0 N–H and O–H groups in total. The van der Waals surface area contributed by atoms with Crippen LogP contribution in [-0.2, 0) is 6.54 Å². The summed E-state index contributed by atoms with van der Waals surface area (Å²) in [5.74, 6) is 1.05. The molecule has 0 aliphatic heterocycles. The van der Waals surface area contributed by atoms with Crippen molar-refractivity contribution < 1.29 is 13.2 Å². The first-order valence-electron chi connectivity index (χ1n) is 6.90. The van der Waals surface area contributed by atoms with Gasteiger partial charge in [0.05, 0.1) is 5.52 Å². The molecule has 0 spiro atoms. The number of nitriles is 1. The molecule has 0 radical (unpaired) electrons. The summed E-state index contributed by atoms with van der Waals surface area (Å²) in [6, 6.07) is 7.24. The van der Waals surface area contributed by atoms with Crippen molar-refractivity contribution in [2.24, 2.45) is 5.92 Å². The van der Waals surface area contributed by atoms with Crippen molar-refractivity contribution in [2.75, 3.05) is 0 Å². The third kappa shape index (κ3) is 2.60. The first kappa shape index (κ1) is 13.9. The molecular weight excluding hydrogens is 279 g/mol. The van der Waals surface area contributed by atoms with Crippen LogP contribution in [0.4, 0.5) is 13.2 Å². The van der Waals surface area contributed by atoms with Crippen molar-refractivity contribution in [1.29, 1.82) is 5.26 Å². The zero-order valence-electron chi connectivity index (χ0n) is 11.5. The average molecular weight is 293 g/mol. The van der Waals surface area contributed by atoms with E-state index in [0.717, 1.165) is 23.1 Å². The highest BCUT2D eigenvalue weighted by molar-refractivity contribution is 5.85. The summed E-state index contributed by atoms with van der Waals surface area (Å²) in [5, 5.41) is 13.3. The molecule has 1 saturated carbocycles. The van der Waals surface area contributed by atoms with Gasteiger partial charge in [-0.2, -0.15) is 23.5 Å². The number of halogens is 3. The van der Waals surface area contributed by atoms with E-state index in [4.69, 9.17) is 5.26 Å². The second-order valence-electron chi connectivity index (χ2n) is 5.52. The summed E-state index contributed by atoms with van der Waals surface area (Å²) in [4.78, 5) is 0. The van der Waals surface area contributed by atoms with Gasteiger partial charge in [0.2, 0.25) is 0 Å². The normalized spacial score (nSPS) is 21.5. The van der Waals surface area contributed by atoms with Crippen LogP contribution < -0.4 is 0 Å². The van der Waals surface area contributed by atoms with Crippen LogP contribution in [0.5, 0.6) is 0 Å². The van der Waals surface area contributed by atoms with Gasteiger partial charge in [-0.15, -0.1) is 0 Å². The fourth-order valence-electron chi connectivity index (χ4n) is 2.90. The van der Waals surface area contributed by atoms with Crippen LogP contribution in [-0.4, -0.2) is 16.0 Å². The summed E-state index contributed by atoms with van der Waals surface area (Å²) in [7, 11) is 0. The Balaban J connectivity index is 2.06. The van der Waals surface area contributed by atoms with Gasteiger partial charge >= 0.3 is 6.18 Å². The summed E-state index contributed by atoms with van der Waals surface area (Å²) in [6.45, 7) is 0.946. The molecule has 110 valence electrons. The monoisotopic (exact) mass is 293 g/mol. The fourth-order valence-corrected chi connectivity index (χ4v) is 2.90. The molecule has 1 fully saturated rings. The fraction of sp³-hybridized carbons (Fsp3) is 0.467. The highest BCUT2D eigenvalue weighted by atomic mass is 19.4. The maximum Gasteiger partial charge on any atom is 0.408 e. The van der Waals surface area contributed by atoms with Crippen LogP contribution in [0.1, 0.15) is 36.9 Å². The second kappa shape index (κ2) is 4.76. The van der Waals surface area contributed by atoms with E-state index in [-0.39, 0.29) is 5.69 Å². The lowest BCUT2D eigenvalue weighted by atomic mass is 10.1. The van der Waals surface area contributed by atoms with E-state index in [9.17, 15) is 13.2 Å². The van der Waals surface area contributed by atoms with Crippen molar-refractivity contribution in [3.8, 4) is 6.07 Å². The van der Waals surface area contributed by atoms with Crippen molar-refractivity contribution in [1.82, 2.24) is 9.78 Å². The minimum atomic E-state index is -4.35. The predicted molar refractivity (Wildman–Crippen MR) is 71.6 cm³/mol. The molecule has 6 heteroatoms. The number of rotatable bonds is 3. The quantitative estimate of drug-likeness (QED) is 0.858. The summed E-state index contributed by atoms with van der Waals surface area (Å²) < 4.78 is 38.8. The topological polar surface area (TPSA) is 41.6 Å². The van der Waals surface area contributed by atoms with Crippen LogP contribution in [0, 0.1) is 17.2 Å². The third-order valence-corrected chi connectivity index (χ3v) is 4.09. The van der Waals surface area contributed by atoms with E-state index in [1.54, 1.807) is 12.1 Å². The number of aromatic nitrogens is 2. The number of fused-ring (bicyclic) bond motifs is 1. The van der Waals surface area contributed by atoms with Gasteiger partial charge in [0, 0.05) is 5.39 Å². The van der Waals surface area contributed by atoms with Crippen molar-refractivity contribution in [3.05, 3.63) is 29.5 Å². The first-order chi connectivity index (χ1) is 9.93. The van der Waals surface area contributed by atoms with Gasteiger partial charge in [0.25, 0.3) is 0 Å². The molecule has 0 amide bonds. The Labute approximate surface area is 120 Å². The van der Waals surface area contributed by atoms with Gasteiger partial charge in [0.15, 0.2) is 5.69 Å².